The number of aryl methyl sites for hydroxylation is 1. The predicted octanol–water partition coefficient (Wildman–Crippen LogP) is 4.90. The number of Topliss-reactive ketones (excluding diaryl/α,β-unsaturated/α-hetero) is 1. The van der Waals surface area contributed by atoms with Crippen molar-refractivity contribution in [2.75, 3.05) is 6.54 Å². The maximum atomic E-state index is 12.2. The van der Waals surface area contributed by atoms with Gasteiger partial charge >= 0.3 is 6.09 Å². The second kappa shape index (κ2) is 9.47. The normalized spacial score (nSPS) is 12.1. The van der Waals surface area contributed by atoms with Crippen LogP contribution in [0.2, 0.25) is 24.2 Å². The summed E-state index contributed by atoms with van der Waals surface area (Å²) in [6, 6.07) is 5.14. The molecule has 0 aliphatic heterocycles. The number of rotatable bonds is 9. The summed E-state index contributed by atoms with van der Waals surface area (Å²) in [6.07, 6.45) is 0.375. The van der Waals surface area contributed by atoms with E-state index >= 15 is 0 Å². The van der Waals surface area contributed by atoms with E-state index in [-0.39, 0.29) is 12.3 Å². The summed E-state index contributed by atoms with van der Waals surface area (Å²) in [5.74, 6) is -0.182. The molecule has 142 valence electrons. The highest BCUT2D eigenvalue weighted by molar-refractivity contribution is 7.09. The first kappa shape index (κ1) is 21.8. The Morgan fingerprint density at radius 3 is 2.32 bits per heavy atom. The Kier molecular flexibility index (Phi) is 8.27. The molecule has 0 radical (unpaired) electrons. The lowest BCUT2D eigenvalue weighted by molar-refractivity contribution is 0.0520. The third-order valence-corrected chi connectivity index (χ3v) is 11.5. The van der Waals surface area contributed by atoms with Crippen molar-refractivity contribution in [3.8, 4) is 0 Å². The minimum Gasteiger partial charge on any atom is -0.444 e. The second-order valence-corrected chi connectivity index (χ2v) is 14.0. The lowest BCUT2D eigenvalue weighted by atomic mass is 10.2. The Labute approximate surface area is 156 Å². The lowest BCUT2D eigenvalue weighted by Crippen LogP contribution is -2.35. The Bertz CT molecular complexity index is 569. The van der Waals surface area contributed by atoms with E-state index in [1.54, 1.807) is 37.5 Å². The molecule has 1 amide bonds. The fraction of sp³-hybridized carbons (Fsp3) is 0.722. The molecule has 0 aliphatic rings. The minimum absolute atomic E-state index is 0.0876. The minimum atomic E-state index is -1.16. The van der Waals surface area contributed by atoms with Crippen molar-refractivity contribution < 1.29 is 14.3 Å². The van der Waals surface area contributed by atoms with Gasteiger partial charge in [-0.25, -0.2) is 9.78 Å². The molecule has 0 spiro atoms. The molecular formula is C18H32N2O3SSi. The number of carbonyl (C=O) groups is 2. The first-order chi connectivity index (χ1) is 11.6. The van der Waals surface area contributed by atoms with Gasteiger partial charge in [-0.2, -0.15) is 0 Å². The van der Waals surface area contributed by atoms with E-state index in [4.69, 9.17) is 4.74 Å². The third-order valence-electron chi connectivity index (χ3n) is 4.75. The van der Waals surface area contributed by atoms with Gasteiger partial charge in [0.1, 0.15) is 11.3 Å². The van der Waals surface area contributed by atoms with E-state index in [1.807, 2.05) is 0 Å². The van der Waals surface area contributed by atoms with Crippen molar-refractivity contribution in [2.45, 2.75) is 77.7 Å². The number of aromatic nitrogens is 1. The van der Waals surface area contributed by atoms with Crippen LogP contribution >= 0.6 is 11.3 Å². The van der Waals surface area contributed by atoms with Gasteiger partial charge in [-0.05, 0) is 27.2 Å². The molecule has 0 unspecified atom stereocenters. The van der Waals surface area contributed by atoms with Gasteiger partial charge in [0.05, 0.1) is 19.6 Å². The molecule has 0 atom stereocenters. The molecule has 1 aromatic heterocycles. The molecular weight excluding hydrogens is 352 g/mol. The summed E-state index contributed by atoms with van der Waals surface area (Å²) >= 11 is 1.54. The average Bonchev–Trinajstić information content (AvgIpc) is 3.02. The highest BCUT2D eigenvalue weighted by atomic mass is 32.1. The average molecular weight is 385 g/mol. The number of ether oxygens (including phenoxy) is 1. The summed E-state index contributed by atoms with van der Waals surface area (Å²) in [5, 5.41) is 5.31. The monoisotopic (exact) mass is 384 g/mol. The summed E-state index contributed by atoms with van der Waals surface area (Å²) in [6.45, 7) is 12.2. The van der Waals surface area contributed by atoms with Crippen LogP contribution in [0.5, 0.6) is 0 Å². The number of thiazole rings is 1. The number of amides is 1. The van der Waals surface area contributed by atoms with Gasteiger partial charge < -0.3 is 10.1 Å². The molecule has 0 saturated heterocycles. The van der Waals surface area contributed by atoms with Crippen LogP contribution in [0.25, 0.3) is 0 Å². The van der Waals surface area contributed by atoms with Gasteiger partial charge in [-0.1, -0.05) is 44.9 Å². The van der Waals surface area contributed by atoms with Crippen LogP contribution in [0, 0.1) is 0 Å². The number of hydrogen-bond acceptors (Lipinski definition) is 5. The van der Waals surface area contributed by atoms with Crippen LogP contribution < -0.4 is 5.32 Å². The first-order valence-corrected chi connectivity index (χ1v) is 12.8. The Balaban J connectivity index is 2.54. The molecule has 1 heterocycles. The molecule has 0 fully saturated rings. The topological polar surface area (TPSA) is 68.3 Å². The van der Waals surface area contributed by atoms with Gasteiger partial charge in [0, 0.05) is 5.38 Å². The molecule has 7 heteroatoms. The van der Waals surface area contributed by atoms with Crippen LogP contribution in [0.4, 0.5) is 4.79 Å². The maximum absolute atomic E-state index is 12.2. The molecule has 1 aromatic rings. The van der Waals surface area contributed by atoms with E-state index in [0.29, 0.717) is 5.69 Å². The Morgan fingerprint density at radius 2 is 1.80 bits per heavy atom. The van der Waals surface area contributed by atoms with Gasteiger partial charge in [0.15, 0.2) is 0 Å². The summed E-state index contributed by atoms with van der Waals surface area (Å²) < 4.78 is 5.13. The number of ketones is 1. The number of carbonyl (C=O) groups excluding carboxylic acids is 2. The zero-order chi connectivity index (χ0) is 19.1. The van der Waals surface area contributed by atoms with Crippen molar-refractivity contribution >= 4 is 31.3 Å². The van der Waals surface area contributed by atoms with Crippen molar-refractivity contribution in [3.63, 3.8) is 0 Å². The summed E-state index contributed by atoms with van der Waals surface area (Å²) in [4.78, 5) is 28.3. The smallest absolute Gasteiger partial charge is 0.408 e. The number of nitrogens with zero attached hydrogens (tertiary/aromatic N) is 1. The highest BCUT2D eigenvalue weighted by Gasteiger charge is 2.26. The number of hydrogen-bond donors (Lipinski definition) is 1. The van der Waals surface area contributed by atoms with E-state index in [0.717, 1.165) is 11.4 Å². The zero-order valence-corrected chi connectivity index (χ0v) is 18.2. The SMILES string of the molecule is CC[Si](CC)(CC)CCc1nc(C(=O)CNC(=O)OC(C)(C)C)cs1. The fourth-order valence-corrected chi connectivity index (χ4v) is 7.08. The van der Waals surface area contributed by atoms with Crippen LogP contribution in [0.1, 0.15) is 57.0 Å². The van der Waals surface area contributed by atoms with E-state index in [1.165, 1.54) is 24.2 Å². The highest BCUT2D eigenvalue weighted by Crippen LogP contribution is 2.27. The van der Waals surface area contributed by atoms with Crippen molar-refractivity contribution in [2.24, 2.45) is 0 Å². The molecule has 0 aromatic carbocycles. The second-order valence-electron chi connectivity index (χ2n) is 7.47. The van der Waals surface area contributed by atoms with Gasteiger partial charge in [-0.3, -0.25) is 4.79 Å². The third kappa shape index (κ3) is 7.28. The number of nitrogens with one attached hydrogen (secondary N) is 1. The Hall–Kier alpha value is -1.21. The standard InChI is InChI=1S/C18H32N2O3SSi/c1-7-25(8-2,9-3)11-10-16-20-14(13-24-16)15(21)12-19-17(22)23-18(4,5)6/h13H,7-12H2,1-6H3,(H,19,22). The van der Waals surface area contributed by atoms with E-state index in [9.17, 15) is 9.59 Å². The Morgan fingerprint density at radius 1 is 1.20 bits per heavy atom. The van der Waals surface area contributed by atoms with Gasteiger partial charge in [0.2, 0.25) is 5.78 Å². The molecule has 1 rings (SSSR count). The van der Waals surface area contributed by atoms with E-state index in [2.05, 4.69) is 31.1 Å². The van der Waals surface area contributed by atoms with Crippen molar-refractivity contribution in [1.82, 2.24) is 10.3 Å². The quantitative estimate of drug-likeness (QED) is 0.485. The molecule has 5 nitrogen and oxygen atoms in total. The molecule has 0 aliphatic carbocycles. The zero-order valence-electron chi connectivity index (χ0n) is 16.4. The fourth-order valence-electron chi connectivity index (χ4n) is 2.76. The van der Waals surface area contributed by atoms with Crippen LogP contribution in [0.3, 0.4) is 0 Å². The summed E-state index contributed by atoms with van der Waals surface area (Å²) in [5.41, 5.74) is -0.136. The number of alkyl carbamates (subject to hydrolysis) is 1. The predicted molar refractivity (Wildman–Crippen MR) is 106 cm³/mol. The van der Waals surface area contributed by atoms with Gasteiger partial charge in [-0.15, -0.1) is 11.3 Å². The maximum Gasteiger partial charge on any atom is 0.408 e. The van der Waals surface area contributed by atoms with Crippen molar-refractivity contribution in [1.29, 1.82) is 0 Å². The largest absolute Gasteiger partial charge is 0.444 e. The lowest BCUT2D eigenvalue weighted by Gasteiger charge is -2.27. The first-order valence-electron chi connectivity index (χ1n) is 9.09. The van der Waals surface area contributed by atoms with Crippen molar-refractivity contribution in [3.05, 3.63) is 16.1 Å². The molecule has 25 heavy (non-hydrogen) atoms. The molecule has 0 bridgehead atoms. The molecule has 0 saturated carbocycles. The van der Waals surface area contributed by atoms with Gasteiger partial charge in [0.25, 0.3) is 0 Å². The van der Waals surface area contributed by atoms with Crippen LogP contribution in [-0.2, 0) is 11.2 Å². The van der Waals surface area contributed by atoms with E-state index < -0.39 is 19.8 Å². The van der Waals surface area contributed by atoms with Crippen LogP contribution in [-0.4, -0.2) is 37.1 Å². The molecule has 1 N–H and O–H groups in total. The van der Waals surface area contributed by atoms with Crippen LogP contribution in [0.15, 0.2) is 5.38 Å². The summed E-state index contributed by atoms with van der Waals surface area (Å²) in [7, 11) is -1.16.